The molecular weight excluding hydrogens is 268 g/mol. The Kier molecular flexibility index (Phi) is 4.81. The molecular formula is C12H22N2O4S. The van der Waals surface area contributed by atoms with E-state index in [1.165, 1.54) is 0 Å². The Labute approximate surface area is 114 Å². The van der Waals surface area contributed by atoms with Gasteiger partial charge in [0.15, 0.2) is 9.84 Å². The summed E-state index contributed by atoms with van der Waals surface area (Å²) in [5, 5.41) is 0. The Morgan fingerprint density at radius 2 is 1.95 bits per heavy atom. The molecule has 6 nitrogen and oxygen atoms in total. The smallest absolute Gasteiger partial charge is 0.226 e. The van der Waals surface area contributed by atoms with E-state index in [1.54, 1.807) is 7.11 Å². The molecule has 0 spiro atoms. The van der Waals surface area contributed by atoms with Crippen LogP contribution in [-0.4, -0.2) is 82.1 Å². The largest absolute Gasteiger partial charge is 0.383 e. The predicted molar refractivity (Wildman–Crippen MR) is 71.7 cm³/mol. The molecule has 2 aliphatic rings. The normalized spacial score (nSPS) is 27.6. The van der Waals surface area contributed by atoms with Gasteiger partial charge in [0.05, 0.1) is 24.0 Å². The highest BCUT2D eigenvalue weighted by molar-refractivity contribution is 7.91. The highest BCUT2D eigenvalue weighted by Gasteiger charge is 2.36. The molecule has 0 radical (unpaired) electrons. The Morgan fingerprint density at radius 1 is 1.26 bits per heavy atom. The number of carbonyl (C=O) groups is 1. The summed E-state index contributed by atoms with van der Waals surface area (Å²) in [6.45, 7) is 4.66. The highest BCUT2D eigenvalue weighted by atomic mass is 32.2. The second-order valence-corrected chi connectivity index (χ2v) is 7.49. The molecule has 0 bridgehead atoms. The molecule has 0 saturated carbocycles. The minimum Gasteiger partial charge on any atom is -0.383 e. The number of hydrogen-bond acceptors (Lipinski definition) is 5. The fraction of sp³-hybridized carbons (Fsp3) is 0.917. The fourth-order valence-corrected chi connectivity index (χ4v) is 4.39. The van der Waals surface area contributed by atoms with Gasteiger partial charge in [0.1, 0.15) is 0 Å². The van der Waals surface area contributed by atoms with Gasteiger partial charge in [0.2, 0.25) is 5.91 Å². The van der Waals surface area contributed by atoms with Gasteiger partial charge in [-0.05, 0) is 6.42 Å². The van der Waals surface area contributed by atoms with E-state index < -0.39 is 9.84 Å². The van der Waals surface area contributed by atoms with Crippen LogP contribution in [0.25, 0.3) is 0 Å². The van der Waals surface area contributed by atoms with Crippen LogP contribution in [0.4, 0.5) is 0 Å². The summed E-state index contributed by atoms with van der Waals surface area (Å²) in [7, 11) is -1.30. The first-order valence-corrected chi connectivity index (χ1v) is 8.54. The maximum Gasteiger partial charge on any atom is 0.226 e. The fourth-order valence-electron chi connectivity index (χ4n) is 2.66. The van der Waals surface area contributed by atoms with Gasteiger partial charge in [-0.1, -0.05) is 0 Å². The van der Waals surface area contributed by atoms with E-state index in [-0.39, 0.29) is 23.3 Å². The zero-order valence-electron chi connectivity index (χ0n) is 11.4. The van der Waals surface area contributed by atoms with Crippen molar-refractivity contribution in [2.75, 3.05) is 57.9 Å². The number of methoxy groups -OCH3 is 1. The molecule has 7 heteroatoms. The summed E-state index contributed by atoms with van der Waals surface area (Å²) in [6.07, 6.45) is 0.491. The van der Waals surface area contributed by atoms with E-state index >= 15 is 0 Å². The topological polar surface area (TPSA) is 66.9 Å². The van der Waals surface area contributed by atoms with Crippen LogP contribution in [0.2, 0.25) is 0 Å². The maximum absolute atomic E-state index is 12.2. The molecule has 1 unspecified atom stereocenters. The Morgan fingerprint density at radius 3 is 2.47 bits per heavy atom. The van der Waals surface area contributed by atoms with E-state index in [9.17, 15) is 13.2 Å². The maximum atomic E-state index is 12.2. The van der Waals surface area contributed by atoms with Gasteiger partial charge in [-0.3, -0.25) is 9.69 Å². The molecule has 19 heavy (non-hydrogen) atoms. The number of nitrogens with zero attached hydrogens (tertiary/aromatic N) is 2. The second kappa shape index (κ2) is 6.19. The van der Waals surface area contributed by atoms with Crippen LogP contribution < -0.4 is 0 Å². The standard InChI is InChI=1S/C12H22N2O4S/c1-18-8-7-13-3-5-14(6-4-13)12(15)11-2-9-19(16,17)10-11/h11H,2-10H2,1H3. The van der Waals surface area contributed by atoms with Gasteiger partial charge < -0.3 is 9.64 Å². The van der Waals surface area contributed by atoms with Crippen LogP contribution in [0.1, 0.15) is 6.42 Å². The lowest BCUT2D eigenvalue weighted by molar-refractivity contribution is -0.136. The van der Waals surface area contributed by atoms with Crippen LogP contribution in [0.3, 0.4) is 0 Å². The Hall–Kier alpha value is -0.660. The third kappa shape index (κ3) is 3.90. The number of rotatable bonds is 4. The van der Waals surface area contributed by atoms with Gasteiger partial charge in [-0.15, -0.1) is 0 Å². The van der Waals surface area contributed by atoms with Crippen molar-refractivity contribution in [2.45, 2.75) is 6.42 Å². The van der Waals surface area contributed by atoms with Crippen LogP contribution in [-0.2, 0) is 19.4 Å². The van der Waals surface area contributed by atoms with E-state index in [2.05, 4.69) is 4.90 Å². The number of amides is 1. The average molecular weight is 290 g/mol. The van der Waals surface area contributed by atoms with Crippen molar-refractivity contribution in [1.82, 2.24) is 9.80 Å². The van der Waals surface area contributed by atoms with E-state index in [1.807, 2.05) is 4.90 Å². The summed E-state index contributed by atoms with van der Waals surface area (Å²) in [5.74, 6) is -0.0876. The molecule has 0 N–H and O–H groups in total. The molecule has 1 amide bonds. The summed E-state index contributed by atoms with van der Waals surface area (Å²) in [4.78, 5) is 16.3. The van der Waals surface area contributed by atoms with Gasteiger partial charge in [-0.25, -0.2) is 8.42 Å². The van der Waals surface area contributed by atoms with Crippen molar-refractivity contribution in [3.05, 3.63) is 0 Å². The molecule has 2 rings (SSSR count). The predicted octanol–water partition coefficient (Wildman–Crippen LogP) is -0.788. The average Bonchev–Trinajstić information content (AvgIpc) is 2.76. The number of piperazine rings is 1. The van der Waals surface area contributed by atoms with Crippen molar-refractivity contribution >= 4 is 15.7 Å². The molecule has 2 saturated heterocycles. The lowest BCUT2D eigenvalue weighted by Gasteiger charge is -2.35. The monoisotopic (exact) mass is 290 g/mol. The van der Waals surface area contributed by atoms with Gasteiger partial charge in [0.25, 0.3) is 0 Å². The van der Waals surface area contributed by atoms with E-state index in [0.717, 1.165) is 19.6 Å². The number of carbonyl (C=O) groups excluding carboxylic acids is 1. The van der Waals surface area contributed by atoms with Crippen molar-refractivity contribution in [2.24, 2.45) is 5.92 Å². The van der Waals surface area contributed by atoms with Crippen molar-refractivity contribution in [3.8, 4) is 0 Å². The van der Waals surface area contributed by atoms with Gasteiger partial charge >= 0.3 is 0 Å². The SMILES string of the molecule is COCCN1CCN(C(=O)C2CCS(=O)(=O)C2)CC1. The van der Waals surface area contributed by atoms with Crippen LogP contribution in [0, 0.1) is 5.92 Å². The third-order valence-corrected chi connectivity index (χ3v) is 5.65. The molecule has 2 fully saturated rings. The first kappa shape index (κ1) is 14.7. The lowest BCUT2D eigenvalue weighted by Crippen LogP contribution is -2.51. The van der Waals surface area contributed by atoms with Crippen LogP contribution in [0.15, 0.2) is 0 Å². The minimum absolute atomic E-state index is 0.0208. The zero-order valence-corrected chi connectivity index (χ0v) is 12.2. The quantitative estimate of drug-likeness (QED) is 0.679. The molecule has 0 aromatic rings. The van der Waals surface area contributed by atoms with E-state index in [0.29, 0.717) is 26.1 Å². The number of hydrogen-bond donors (Lipinski definition) is 0. The molecule has 110 valence electrons. The highest BCUT2D eigenvalue weighted by Crippen LogP contribution is 2.21. The summed E-state index contributed by atoms with van der Waals surface area (Å²) >= 11 is 0. The number of ether oxygens (including phenoxy) is 1. The lowest BCUT2D eigenvalue weighted by atomic mass is 10.1. The zero-order chi connectivity index (χ0) is 13.9. The van der Waals surface area contributed by atoms with Gasteiger partial charge in [0, 0.05) is 39.8 Å². The second-order valence-electron chi connectivity index (χ2n) is 5.26. The molecule has 0 aromatic carbocycles. The summed E-state index contributed by atoms with van der Waals surface area (Å²) < 4.78 is 27.8. The van der Waals surface area contributed by atoms with Crippen molar-refractivity contribution in [3.63, 3.8) is 0 Å². The number of sulfone groups is 1. The Balaban J connectivity index is 1.80. The summed E-state index contributed by atoms with van der Waals surface area (Å²) in [5.41, 5.74) is 0. The molecule has 0 aliphatic carbocycles. The van der Waals surface area contributed by atoms with Crippen molar-refractivity contribution in [1.29, 1.82) is 0 Å². The van der Waals surface area contributed by atoms with E-state index in [4.69, 9.17) is 4.74 Å². The first-order chi connectivity index (χ1) is 9.02. The minimum atomic E-state index is -2.98. The molecule has 2 heterocycles. The van der Waals surface area contributed by atoms with Crippen LogP contribution in [0.5, 0.6) is 0 Å². The van der Waals surface area contributed by atoms with Crippen LogP contribution >= 0.6 is 0 Å². The molecule has 1 atom stereocenters. The Bertz CT molecular complexity index is 415. The van der Waals surface area contributed by atoms with Crippen molar-refractivity contribution < 1.29 is 17.9 Å². The molecule has 0 aromatic heterocycles. The van der Waals surface area contributed by atoms with Gasteiger partial charge in [-0.2, -0.15) is 0 Å². The first-order valence-electron chi connectivity index (χ1n) is 6.72. The molecule has 2 aliphatic heterocycles. The summed E-state index contributed by atoms with van der Waals surface area (Å²) in [6, 6.07) is 0. The third-order valence-electron chi connectivity index (χ3n) is 3.88.